The summed E-state index contributed by atoms with van der Waals surface area (Å²) < 4.78 is 5.32. The van der Waals surface area contributed by atoms with Gasteiger partial charge >= 0.3 is 10.6 Å². The molecule has 0 aliphatic carbocycles. The van der Waals surface area contributed by atoms with E-state index in [1.807, 2.05) is 0 Å². The summed E-state index contributed by atoms with van der Waals surface area (Å²) in [4.78, 5) is 20.6. The van der Waals surface area contributed by atoms with E-state index >= 15 is 0 Å². The van der Waals surface area contributed by atoms with Crippen LogP contribution in [0.4, 0.5) is 5.69 Å². The van der Waals surface area contributed by atoms with E-state index < -0.39 is 21.3 Å². The van der Waals surface area contributed by atoms with Crippen molar-refractivity contribution in [3.63, 3.8) is 0 Å². The maximum absolute atomic E-state index is 11.1. The zero-order valence-corrected chi connectivity index (χ0v) is 9.25. The molecular formula is C9H7NO5S. The number of nitro groups is 1. The van der Waals surface area contributed by atoms with Gasteiger partial charge in [-0.15, -0.1) is 0 Å². The van der Waals surface area contributed by atoms with Crippen LogP contribution in [0.15, 0.2) is 9.21 Å². The monoisotopic (exact) mass is 241 g/mol. The first-order valence-electron chi connectivity index (χ1n) is 4.33. The standard InChI is InChI=1S/C9H7NO5S/c1-3-5(10(13)14)6(11)4(2)8-7(3)15-9(12)16-8/h11H,1-2H3. The second kappa shape index (κ2) is 3.31. The number of benzene rings is 1. The SMILES string of the molecule is Cc1c([N+](=O)[O-])c(O)c(C)c2sc(=O)oc12. The number of aromatic hydroxyl groups is 1. The van der Waals surface area contributed by atoms with Crippen LogP contribution in [0.5, 0.6) is 5.75 Å². The molecule has 0 radical (unpaired) electrons. The molecule has 2 aromatic rings. The Kier molecular flexibility index (Phi) is 2.20. The molecule has 0 aliphatic rings. The minimum absolute atomic E-state index is 0.168. The molecule has 0 fully saturated rings. The number of rotatable bonds is 1. The maximum Gasteiger partial charge on any atom is 0.396 e. The van der Waals surface area contributed by atoms with Gasteiger partial charge in [0.25, 0.3) is 0 Å². The average Bonchev–Trinajstić information content (AvgIpc) is 2.57. The summed E-state index contributed by atoms with van der Waals surface area (Å²) in [7, 11) is 0. The minimum atomic E-state index is -0.686. The second-order valence-electron chi connectivity index (χ2n) is 3.32. The molecule has 0 amide bonds. The molecule has 1 aromatic carbocycles. The van der Waals surface area contributed by atoms with E-state index in [9.17, 15) is 20.0 Å². The first-order chi connectivity index (χ1) is 7.43. The van der Waals surface area contributed by atoms with Crippen LogP contribution < -0.4 is 4.94 Å². The Balaban J connectivity index is 3.05. The molecule has 0 atom stereocenters. The summed E-state index contributed by atoms with van der Waals surface area (Å²) in [5, 5.41) is 20.5. The van der Waals surface area contributed by atoms with Crippen molar-refractivity contribution in [2.75, 3.05) is 0 Å². The smallest absolute Gasteiger partial charge is 0.396 e. The molecule has 84 valence electrons. The van der Waals surface area contributed by atoms with Gasteiger partial charge in [-0.1, -0.05) is 11.3 Å². The van der Waals surface area contributed by atoms with Gasteiger partial charge in [-0.05, 0) is 13.8 Å². The van der Waals surface area contributed by atoms with E-state index in [0.717, 1.165) is 11.3 Å². The molecule has 0 saturated carbocycles. The van der Waals surface area contributed by atoms with Crippen LogP contribution in [0.3, 0.4) is 0 Å². The Morgan fingerprint density at radius 3 is 2.56 bits per heavy atom. The van der Waals surface area contributed by atoms with Crippen molar-refractivity contribution in [2.45, 2.75) is 13.8 Å². The van der Waals surface area contributed by atoms with E-state index in [1.54, 1.807) is 0 Å². The van der Waals surface area contributed by atoms with E-state index in [1.165, 1.54) is 13.8 Å². The lowest BCUT2D eigenvalue weighted by atomic mass is 10.1. The molecule has 2 rings (SSSR count). The molecule has 1 heterocycles. The Hall–Kier alpha value is -1.89. The zero-order valence-electron chi connectivity index (χ0n) is 8.44. The van der Waals surface area contributed by atoms with Crippen molar-refractivity contribution in [1.29, 1.82) is 0 Å². The average molecular weight is 241 g/mol. The van der Waals surface area contributed by atoms with Gasteiger partial charge in [0.05, 0.1) is 15.2 Å². The van der Waals surface area contributed by atoms with Gasteiger partial charge in [0, 0.05) is 5.56 Å². The maximum atomic E-state index is 11.1. The molecule has 1 N–H and O–H groups in total. The number of phenolic OH excluding ortho intramolecular Hbond substituents is 1. The van der Waals surface area contributed by atoms with E-state index in [0.29, 0.717) is 10.3 Å². The summed E-state index contributed by atoms with van der Waals surface area (Å²) in [5.74, 6) is -0.410. The Labute approximate surface area is 92.9 Å². The van der Waals surface area contributed by atoms with Gasteiger partial charge in [-0.3, -0.25) is 10.1 Å². The third-order valence-corrected chi connectivity index (χ3v) is 3.32. The van der Waals surface area contributed by atoms with Gasteiger partial charge in [0.1, 0.15) is 0 Å². The van der Waals surface area contributed by atoms with Gasteiger partial charge < -0.3 is 9.52 Å². The molecule has 0 saturated heterocycles. The summed E-state index contributed by atoms with van der Waals surface area (Å²) in [6, 6.07) is 0. The number of hydrogen-bond acceptors (Lipinski definition) is 6. The molecule has 1 aromatic heterocycles. The molecule has 0 spiro atoms. The van der Waals surface area contributed by atoms with Crippen LogP contribution >= 0.6 is 11.3 Å². The van der Waals surface area contributed by atoms with Crippen molar-refractivity contribution in [3.05, 3.63) is 31.0 Å². The Morgan fingerprint density at radius 2 is 2.00 bits per heavy atom. The van der Waals surface area contributed by atoms with E-state index in [2.05, 4.69) is 0 Å². The number of phenols is 1. The highest BCUT2D eigenvalue weighted by Crippen LogP contribution is 2.40. The van der Waals surface area contributed by atoms with Crippen molar-refractivity contribution in [2.24, 2.45) is 0 Å². The lowest BCUT2D eigenvalue weighted by Gasteiger charge is -2.03. The third kappa shape index (κ3) is 1.28. The van der Waals surface area contributed by atoms with Crippen molar-refractivity contribution < 1.29 is 14.4 Å². The van der Waals surface area contributed by atoms with Gasteiger partial charge in [-0.2, -0.15) is 0 Å². The first-order valence-corrected chi connectivity index (χ1v) is 5.15. The summed E-state index contributed by atoms with van der Waals surface area (Å²) in [5.41, 5.74) is 0.230. The van der Waals surface area contributed by atoms with Gasteiger partial charge in [-0.25, -0.2) is 4.79 Å². The van der Waals surface area contributed by atoms with Gasteiger partial charge in [0.15, 0.2) is 11.3 Å². The largest absolute Gasteiger partial charge is 0.502 e. The van der Waals surface area contributed by atoms with Gasteiger partial charge in [0.2, 0.25) is 0 Å². The Morgan fingerprint density at radius 1 is 1.38 bits per heavy atom. The number of nitrogens with zero attached hydrogens (tertiary/aromatic N) is 1. The van der Waals surface area contributed by atoms with Crippen molar-refractivity contribution in [3.8, 4) is 5.75 Å². The quantitative estimate of drug-likeness (QED) is 0.609. The van der Waals surface area contributed by atoms with E-state index in [4.69, 9.17) is 4.42 Å². The fraction of sp³-hybridized carbons (Fsp3) is 0.222. The van der Waals surface area contributed by atoms with Crippen LogP contribution in [0.1, 0.15) is 11.1 Å². The molecule has 0 unspecified atom stereocenters. The number of aryl methyl sites for hydroxylation is 2. The zero-order chi connectivity index (χ0) is 12.0. The fourth-order valence-corrected chi connectivity index (χ4v) is 2.40. The summed E-state index contributed by atoms with van der Waals surface area (Å²) in [6.45, 7) is 2.95. The van der Waals surface area contributed by atoms with Crippen molar-refractivity contribution in [1.82, 2.24) is 0 Å². The lowest BCUT2D eigenvalue weighted by Crippen LogP contribution is -1.94. The normalized spacial score (nSPS) is 10.9. The molecule has 16 heavy (non-hydrogen) atoms. The molecule has 0 aliphatic heterocycles. The molecular weight excluding hydrogens is 234 g/mol. The predicted octanol–water partition coefficient (Wildman–Crippen LogP) is 2.09. The Bertz CT molecular complexity index is 654. The highest BCUT2D eigenvalue weighted by Gasteiger charge is 2.26. The minimum Gasteiger partial charge on any atom is -0.502 e. The van der Waals surface area contributed by atoms with Crippen LogP contribution in [-0.4, -0.2) is 10.0 Å². The van der Waals surface area contributed by atoms with E-state index in [-0.39, 0.29) is 11.1 Å². The number of hydrogen-bond donors (Lipinski definition) is 1. The van der Waals surface area contributed by atoms with Crippen molar-refractivity contribution >= 4 is 27.3 Å². The predicted molar refractivity (Wildman–Crippen MR) is 58.2 cm³/mol. The van der Waals surface area contributed by atoms with Crippen LogP contribution in [0.25, 0.3) is 10.3 Å². The molecule has 0 bridgehead atoms. The summed E-state index contributed by atoms with van der Waals surface area (Å²) in [6.07, 6.45) is 0. The van der Waals surface area contributed by atoms with Crippen LogP contribution in [-0.2, 0) is 0 Å². The number of fused-ring (bicyclic) bond motifs is 1. The molecule has 7 heteroatoms. The molecule has 6 nitrogen and oxygen atoms in total. The highest BCUT2D eigenvalue weighted by atomic mass is 32.1. The number of nitro benzene ring substituents is 1. The van der Waals surface area contributed by atoms with Crippen LogP contribution in [0.2, 0.25) is 0 Å². The highest BCUT2D eigenvalue weighted by molar-refractivity contribution is 7.16. The third-order valence-electron chi connectivity index (χ3n) is 2.38. The second-order valence-corrected chi connectivity index (χ2v) is 4.26. The fourth-order valence-electron chi connectivity index (χ4n) is 1.57. The summed E-state index contributed by atoms with van der Waals surface area (Å²) >= 11 is 0.823. The lowest BCUT2D eigenvalue weighted by molar-refractivity contribution is -0.386. The van der Waals surface area contributed by atoms with Crippen LogP contribution in [0, 0.1) is 24.0 Å². The topological polar surface area (TPSA) is 93.6 Å². The first kappa shape index (κ1) is 10.6.